The van der Waals surface area contributed by atoms with E-state index in [1.165, 1.54) is 101 Å². The molecule has 0 spiro atoms. The Morgan fingerprint density at radius 1 is 0.644 bits per heavy atom. The van der Waals surface area contributed by atoms with Gasteiger partial charge in [-0.3, -0.25) is 0 Å². The normalized spacial score (nSPS) is 20.4. The molecule has 0 N–H and O–H groups in total. The molecule has 0 bridgehead atoms. The van der Waals surface area contributed by atoms with Crippen LogP contribution in [0.3, 0.4) is 0 Å². The molecule has 1 saturated carbocycles. The van der Waals surface area contributed by atoms with Crippen molar-refractivity contribution in [1.82, 2.24) is 0 Å². The van der Waals surface area contributed by atoms with Crippen molar-refractivity contribution in [2.24, 2.45) is 5.92 Å². The van der Waals surface area contributed by atoms with Crippen LogP contribution in [-0.4, -0.2) is 18.7 Å². The average Bonchev–Trinajstić information content (AvgIpc) is 3.50. The molecule has 0 aliphatic heterocycles. The van der Waals surface area contributed by atoms with Gasteiger partial charge in [-0.05, 0) is 136 Å². The van der Waals surface area contributed by atoms with E-state index in [4.69, 9.17) is 8.39 Å². The van der Waals surface area contributed by atoms with Crippen LogP contribution >= 0.6 is 16.1 Å². The van der Waals surface area contributed by atoms with Gasteiger partial charge in [0.15, 0.2) is 0 Å². The molecule has 1 fully saturated rings. The van der Waals surface area contributed by atoms with Gasteiger partial charge in [0.1, 0.15) is 11.2 Å². The van der Waals surface area contributed by atoms with Crippen molar-refractivity contribution in [2.75, 3.05) is 11.7 Å². The molecule has 45 heavy (non-hydrogen) atoms. The van der Waals surface area contributed by atoms with Gasteiger partial charge in [0, 0.05) is 23.9 Å². The fraction of sp³-hybridized carbons (Fsp3) is 0.400. The minimum absolute atomic E-state index is 0.335. The number of rotatable bonds is 6. The first-order valence-corrected chi connectivity index (χ1v) is 19.8. The molecule has 2 unspecified atom stereocenters. The van der Waals surface area contributed by atoms with Gasteiger partial charge < -0.3 is 8.39 Å². The Morgan fingerprint density at radius 3 is 1.69 bits per heavy atom. The van der Waals surface area contributed by atoms with Gasteiger partial charge in [-0.15, -0.1) is 0 Å². The van der Waals surface area contributed by atoms with Crippen molar-refractivity contribution < 1.29 is 8.39 Å². The topological polar surface area (TPSA) is 29.5 Å². The summed E-state index contributed by atoms with van der Waals surface area (Å²) in [7, 11) is 0.475. The molecular weight excluding hydrogens is 588 g/mol. The third-order valence-corrected chi connectivity index (χ3v) is 15.6. The Balaban J connectivity index is 1.24. The van der Waals surface area contributed by atoms with E-state index in [1.807, 2.05) is 0 Å². The maximum Gasteiger partial charge on any atom is 0.309 e. The standard InChI is InChI=1S/C40H45NO2P2/c1-28(33-22-13-23-38(33)44(31-16-5-3-6-17-31)32-18-7-4-8-19-32)41(2)45-42-36-26-24-29-14-9-11-20-34(29)39(36)40-35-21-12-10-15-30(35)25-27-37(40)43-45/h3-8,16-19,24-28,33,38H,9-15,20-23H2,1-2H3/t28-,33?,38?/m1/s1. The van der Waals surface area contributed by atoms with Gasteiger partial charge in [-0.25, -0.2) is 4.67 Å². The minimum Gasteiger partial charge on any atom is -0.408 e. The van der Waals surface area contributed by atoms with Crippen molar-refractivity contribution in [3.8, 4) is 0 Å². The lowest BCUT2D eigenvalue weighted by molar-refractivity contribution is 0.451. The lowest BCUT2D eigenvalue weighted by Gasteiger charge is -2.36. The first-order valence-electron chi connectivity index (χ1n) is 17.3. The first-order chi connectivity index (χ1) is 22.2. The zero-order valence-corrected chi connectivity index (χ0v) is 28.5. The Hall–Kier alpha value is -2.83. The van der Waals surface area contributed by atoms with Crippen molar-refractivity contribution in [3.63, 3.8) is 0 Å². The van der Waals surface area contributed by atoms with Crippen LogP contribution in [0.4, 0.5) is 0 Å². The number of aryl methyl sites for hydroxylation is 4. The number of benzene rings is 4. The number of hydrogen-bond donors (Lipinski definition) is 0. The van der Waals surface area contributed by atoms with Crippen LogP contribution in [0.2, 0.25) is 0 Å². The number of hydrogen-bond acceptors (Lipinski definition) is 3. The van der Waals surface area contributed by atoms with E-state index in [-0.39, 0.29) is 0 Å². The third kappa shape index (κ3) is 5.50. The van der Waals surface area contributed by atoms with Gasteiger partial charge in [0.2, 0.25) is 0 Å². The second-order valence-corrected chi connectivity index (χ2v) is 17.4. The maximum absolute atomic E-state index is 7.08. The Kier molecular flexibility index (Phi) is 8.38. The molecule has 1 aromatic heterocycles. The number of fused-ring (bicyclic) bond motifs is 7. The Morgan fingerprint density at radius 2 is 1.16 bits per heavy atom. The predicted molar refractivity (Wildman–Crippen MR) is 193 cm³/mol. The van der Waals surface area contributed by atoms with Gasteiger partial charge >= 0.3 is 8.16 Å². The summed E-state index contributed by atoms with van der Waals surface area (Å²) in [4.78, 5) is 0. The molecule has 3 aliphatic rings. The molecular formula is C40H45NO2P2. The van der Waals surface area contributed by atoms with Crippen LogP contribution in [0, 0.1) is 5.92 Å². The van der Waals surface area contributed by atoms with Crippen molar-refractivity contribution in [3.05, 3.63) is 107 Å². The lowest BCUT2D eigenvalue weighted by Crippen LogP contribution is -2.38. The van der Waals surface area contributed by atoms with Crippen LogP contribution in [-0.2, 0) is 25.7 Å². The summed E-state index contributed by atoms with van der Waals surface area (Å²) in [6, 6.07) is 32.2. The highest BCUT2D eigenvalue weighted by atomic mass is 31.1. The molecule has 5 heteroatoms. The smallest absolute Gasteiger partial charge is 0.309 e. The summed E-state index contributed by atoms with van der Waals surface area (Å²) in [5.74, 6) is 0.575. The fourth-order valence-corrected chi connectivity index (χ4v) is 13.3. The summed E-state index contributed by atoms with van der Waals surface area (Å²) >= 11 is 0. The van der Waals surface area contributed by atoms with Gasteiger partial charge in [0.05, 0.1) is 0 Å². The summed E-state index contributed by atoms with van der Waals surface area (Å²) in [5, 5.41) is 5.69. The van der Waals surface area contributed by atoms with Gasteiger partial charge in [-0.1, -0.05) is 79.2 Å². The highest BCUT2D eigenvalue weighted by Crippen LogP contribution is 2.53. The summed E-state index contributed by atoms with van der Waals surface area (Å²) < 4.78 is 16.6. The average molecular weight is 634 g/mol. The van der Waals surface area contributed by atoms with Gasteiger partial charge in [-0.2, -0.15) is 0 Å². The molecule has 4 aromatic carbocycles. The molecule has 0 radical (unpaired) electrons. The van der Waals surface area contributed by atoms with E-state index in [1.54, 1.807) is 0 Å². The molecule has 0 saturated heterocycles. The molecule has 1 heterocycles. The van der Waals surface area contributed by atoms with E-state index in [0.29, 0.717) is 17.6 Å². The second-order valence-electron chi connectivity index (χ2n) is 13.5. The van der Waals surface area contributed by atoms with Crippen molar-refractivity contribution in [2.45, 2.75) is 89.3 Å². The summed E-state index contributed by atoms with van der Waals surface area (Å²) in [6.45, 7) is 2.44. The molecule has 3 aliphatic carbocycles. The van der Waals surface area contributed by atoms with Crippen molar-refractivity contribution in [1.29, 1.82) is 0 Å². The maximum atomic E-state index is 7.08. The molecule has 5 aromatic rings. The summed E-state index contributed by atoms with van der Waals surface area (Å²) in [5.41, 5.74) is 8.77. The zero-order valence-electron chi connectivity index (χ0n) is 26.8. The predicted octanol–water partition coefficient (Wildman–Crippen LogP) is 10.3. The van der Waals surface area contributed by atoms with Crippen LogP contribution < -0.4 is 15.3 Å². The summed E-state index contributed by atoms with van der Waals surface area (Å²) in [6.07, 6.45) is 13.5. The highest BCUT2D eigenvalue weighted by Gasteiger charge is 2.40. The third-order valence-electron chi connectivity index (χ3n) is 11.0. The van der Waals surface area contributed by atoms with Crippen LogP contribution in [0.25, 0.3) is 21.9 Å². The van der Waals surface area contributed by atoms with Crippen LogP contribution in [0.5, 0.6) is 0 Å². The zero-order chi connectivity index (χ0) is 30.3. The van der Waals surface area contributed by atoms with Crippen LogP contribution in [0.15, 0.2) is 93.3 Å². The molecule has 3 atom stereocenters. The largest absolute Gasteiger partial charge is 0.408 e. The fourth-order valence-electron chi connectivity index (χ4n) is 8.62. The second kappa shape index (κ2) is 12.8. The monoisotopic (exact) mass is 633 g/mol. The molecule has 0 amide bonds. The Labute approximate surface area is 270 Å². The van der Waals surface area contributed by atoms with E-state index >= 15 is 0 Å². The van der Waals surface area contributed by atoms with Gasteiger partial charge in [0.25, 0.3) is 0 Å². The van der Waals surface area contributed by atoms with E-state index < -0.39 is 16.1 Å². The molecule has 3 nitrogen and oxygen atoms in total. The van der Waals surface area contributed by atoms with Crippen LogP contribution in [0.1, 0.15) is 74.1 Å². The SMILES string of the molecule is C[C@H](C1CCCC1P(c1ccccc1)c1ccccc1)N(C)p1oc2ccc3c(c2c2c4c(ccc2o1)CCCC4)CCCC3. The molecule has 232 valence electrons. The minimum atomic E-state index is -1.32. The van der Waals surface area contributed by atoms with E-state index in [2.05, 4.69) is 104 Å². The number of nitrogens with zero attached hydrogens (tertiary/aromatic N) is 1. The quantitative estimate of drug-likeness (QED) is 0.174. The highest BCUT2D eigenvalue weighted by molar-refractivity contribution is 7.73. The first kappa shape index (κ1) is 29.6. The Bertz CT molecular complexity index is 1730. The molecule has 8 rings (SSSR count). The van der Waals surface area contributed by atoms with E-state index in [9.17, 15) is 0 Å². The van der Waals surface area contributed by atoms with E-state index in [0.717, 1.165) is 24.0 Å². The van der Waals surface area contributed by atoms with Crippen molar-refractivity contribution >= 4 is 48.6 Å². The lowest BCUT2D eigenvalue weighted by atomic mass is 9.84.